The van der Waals surface area contributed by atoms with E-state index in [1.54, 1.807) is 19.2 Å². The molecule has 1 aromatic heterocycles. The van der Waals surface area contributed by atoms with Crippen LogP contribution in [0, 0.1) is 6.92 Å². The predicted molar refractivity (Wildman–Crippen MR) is 66.9 cm³/mol. The van der Waals surface area contributed by atoms with E-state index < -0.39 is 12.1 Å². The standard InChI is InChI=1S/C11H14N2O4S/c1-4-9(6(2)14)17-13-10(11(15)16)8-5-18-7(3)12-8/h5,9H,4H2,1-3H3,(H,15,16)/b13-10-/t9-/m0/s1. The molecule has 1 rings (SSSR count). The highest BCUT2D eigenvalue weighted by Crippen LogP contribution is 2.10. The molecule has 1 atom stereocenters. The fourth-order valence-electron chi connectivity index (χ4n) is 1.22. The van der Waals surface area contributed by atoms with Crippen LogP contribution in [0.15, 0.2) is 10.5 Å². The zero-order valence-electron chi connectivity index (χ0n) is 10.3. The zero-order chi connectivity index (χ0) is 13.7. The molecule has 0 saturated heterocycles. The molecule has 0 aliphatic rings. The van der Waals surface area contributed by atoms with Crippen LogP contribution >= 0.6 is 11.3 Å². The topological polar surface area (TPSA) is 88.8 Å². The van der Waals surface area contributed by atoms with Gasteiger partial charge in [-0.25, -0.2) is 9.78 Å². The summed E-state index contributed by atoms with van der Waals surface area (Å²) < 4.78 is 0. The fraction of sp³-hybridized carbons (Fsp3) is 0.455. The Morgan fingerprint density at radius 3 is 2.67 bits per heavy atom. The number of carboxylic acids is 1. The number of ketones is 1. The van der Waals surface area contributed by atoms with E-state index in [0.29, 0.717) is 6.42 Å². The van der Waals surface area contributed by atoms with Gasteiger partial charge < -0.3 is 9.94 Å². The Bertz CT molecular complexity index is 481. The largest absolute Gasteiger partial charge is 0.476 e. The van der Waals surface area contributed by atoms with Crippen LogP contribution in [0.2, 0.25) is 0 Å². The van der Waals surface area contributed by atoms with Gasteiger partial charge in [0.1, 0.15) is 5.69 Å². The number of carboxylic acid groups (broad SMARTS) is 1. The highest BCUT2D eigenvalue weighted by Gasteiger charge is 2.19. The summed E-state index contributed by atoms with van der Waals surface area (Å²) in [6.07, 6.45) is -0.291. The molecule has 18 heavy (non-hydrogen) atoms. The number of nitrogens with zero attached hydrogens (tertiary/aromatic N) is 2. The summed E-state index contributed by atoms with van der Waals surface area (Å²) in [5, 5.41) is 14.9. The van der Waals surface area contributed by atoms with Crippen LogP contribution in [0.25, 0.3) is 0 Å². The smallest absolute Gasteiger partial charge is 0.360 e. The molecule has 1 heterocycles. The van der Waals surface area contributed by atoms with Crippen LogP contribution < -0.4 is 0 Å². The van der Waals surface area contributed by atoms with Crippen LogP contribution in [-0.2, 0) is 14.4 Å². The van der Waals surface area contributed by atoms with Crippen molar-refractivity contribution in [2.24, 2.45) is 5.16 Å². The number of rotatable bonds is 6. The van der Waals surface area contributed by atoms with Gasteiger partial charge in [-0.15, -0.1) is 11.3 Å². The van der Waals surface area contributed by atoms with E-state index >= 15 is 0 Å². The lowest BCUT2D eigenvalue weighted by Gasteiger charge is -2.09. The van der Waals surface area contributed by atoms with Gasteiger partial charge in [0.25, 0.3) is 0 Å². The third kappa shape index (κ3) is 3.63. The lowest BCUT2D eigenvalue weighted by molar-refractivity contribution is -0.131. The molecular formula is C11H14N2O4S. The first-order valence-electron chi connectivity index (χ1n) is 5.35. The lowest BCUT2D eigenvalue weighted by atomic mass is 10.2. The van der Waals surface area contributed by atoms with Crippen LogP contribution in [0.3, 0.4) is 0 Å². The van der Waals surface area contributed by atoms with Crippen molar-refractivity contribution < 1.29 is 19.5 Å². The van der Waals surface area contributed by atoms with E-state index in [0.717, 1.165) is 5.01 Å². The fourth-order valence-corrected chi connectivity index (χ4v) is 1.82. The van der Waals surface area contributed by atoms with Crippen LogP contribution in [0.1, 0.15) is 31.0 Å². The van der Waals surface area contributed by atoms with Gasteiger partial charge in [-0.2, -0.15) is 0 Å². The Hall–Kier alpha value is -1.76. The first-order valence-corrected chi connectivity index (χ1v) is 6.23. The molecular weight excluding hydrogens is 256 g/mol. The van der Waals surface area contributed by atoms with E-state index in [-0.39, 0.29) is 17.2 Å². The number of oxime groups is 1. The Kier molecular flexibility index (Phi) is 4.96. The average molecular weight is 270 g/mol. The maximum atomic E-state index is 11.1. The van der Waals surface area contributed by atoms with Crippen molar-refractivity contribution in [1.29, 1.82) is 0 Å². The van der Waals surface area contributed by atoms with Crippen LogP contribution in [0.5, 0.6) is 0 Å². The van der Waals surface area contributed by atoms with Crippen molar-refractivity contribution in [3.05, 3.63) is 16.1 Å². The van der Waals surface area contributed by atoms with Gasteiger partial charge in [0.05, 0.1) is 5.01 Å². The lowest BCUT2D eigenvalue weighted by Crippen LogP contribution is -2.22. The van der Waals surface area contributed by atoms with Crippen molar-refractivity contribution >= 4 is 28.8 Å². The Balaban J connectivity index is 2.92. The minimum atomic E-state index is -1.24. The molecule has 0 fully saturated rings. The van der Waals surface area contributed by atoms with E-state index in [1.807, 2.05) is 0 Å². The molecule has 0 radical (unpaired) electrons. The molecule has 0 bridgehead atoms. The third-order valence-corrected chi connectivity index (χ3v) is 2.93. The van der Waals surface area contributed by atoms with E-state index in [4.69, 9.17) is 9.94 Å². The summed E-state index contributed by atoms with van der Waals surface area (Å²) in [4.78, 5) is 31.2. The minimum absolute atomic E-state index is 0.194. The second-order valence-electron chi connectivity index (χ2n) is 3.61. The van der Waals surface area contributed by atoms with Crippen LogP contribution in [0.4, 0.5) is 0 Å². The second kappa shape index (κ2) is 6.25. The van der Waals surface area contributed by atoms with Gasteiger partial charge in [0.15, 0.2) is 11.9 Å². The van der Waals surface area contributed by atoms with Crippen LogP contribution in [-0.4, -0.2) is 33.7 Å². The zero-order valence-corrected chi connectivity index (χ0v) is 11.2. The van der Waals surface area contributed by atoms with E-state index in [9.17, 15) is 9.59 Å². The highest BCUT2D eigenvalue weighted by molar-refractivity contribution is 7.09. The maximum absolute atomic E-state index is 11.1. The third-order valence-electron chi connectivity index (χ3n) is 2.16. The summed E-state index contributed by atoms with van der Waals surface area (Å²) in [7, 11) is 0. The Morgan fingerprint density at radius 1 is 1.61 bits per heavy atom. The number of hydrogen-bond donors (Lipinski definition) is 1. The van der Waals surface area contributed by atoms with Gasteiger partial charge in [0, 0.05) is 5.38 Å². The molecule has 1 aromatic rings. The summed E-state index contributed by atoms with van der Waals surface area (Å²) >= 11 is 1.32. The molecule has 7 heteroatoms. The number of Topliss-reactive ketones (excluding diaryl/α,β-unsaturated/α-hetero) is 1. The Morgan fingerprint density at radius 2 is 2.28 bits per heavy atom. The monoisotopic (exact) mass is 270 g/mol. The van der Waals surface area contributed by atoms with Crippen molar-refractivity contribution in [3.8, 4) is 0 Å². The molecule has 98 valence electrons. The summed E-state index contributed by atoms with van der Waals surface area (Å²) in [5.74, 6) is -1.43. The highest BCUT2D eigenvalue weighted by atomic mass is 32.1. The first-order chi connectivity index (χ1) is 8.45. The summed E-state index contributed by atoms with van der Waals surface area (Å²) in [6, 6.07) is 0. The van der Waals surface area contributed by atoms with Crippen molar-refractivity contribution in [1.82, 2.24) is 4.98 Å². The van der Waals surface area contributed by atoms with Crippen molar-refractivity contribution in [3.63, 3.8) is 0 Å². The number of thiazole rings is 1. The molecule has 1 N–H and O–H groups in total. The summed E-state index contributed by atoms with van der Waals surface area (Å²) in [5.41, 5.74) is -0.0533. The summed E-state index contributed by atoms with van der Waals surface area (Å²) in [6.45, 7) is 4.89. The number of hydrogen-bond acceptors (Lipinski definition) is 6. The number of aliphatic carboxylic acids is 1. The van der Waals surface area contributed by atoms with Crippen molar-refractivity contribution in [2.75, 3.05) is 0 Å². The molecule has 0 aliphatic carbocycles. The Labute approximate surface area is 108 Å². The molecule has 0 amide bonds. The van der Waals surface area contributed by atoms with Gasteiger partial charge in [-0.1, -0.05) is 12.1 Å². The average Bonchev–Trinajstić information content (AvgIpc) is 2.70. The van der Waals surface area contributed by atoms with Gasteiger partial charge in [-0.3, -0.25) is 4.79 Å². The molecule has 0 spiro atoms. The van der Waals surface area contributed by atoms with Gasteiger partial charge >= 0.3 is 5.97 Å². The number of carbonyl (C=O) groups is 2. The molecule has 0 unspecified atom stereocenters. The SMILES string of the molecule is CC[C@H](O/N=C(\C(=O)O)c1csc(C)n1)C(C)=O. The maximum Gasteiger partial charge on any atom is 0.360 e. The van der Waals surface area contributed by atoms with Crippen molar-refractivity contribution in [2.45, 2.75) is 33.3 Å². The van der Waals surface area contributed by atoms with Gasteiger partial charge in [-0.05, 0) is 20.3 Å². The number of aryl methyl sites for hydroxylation is 1. The normalized spacial score (nSPS) is 13.2. The second-order valence-corrected chi connectivity index (χ2v) is 4.67. The van der Waals surface area contributed by atoms with E-state index in [1.165, 1.54) is 18.3 Å². The number of carbonyl (C=O) groups excluding carboxylic acids is 1. The molecule has 0 aromatic carbocycles. The quantitative estimate of drug-likeness (QED) is 0.626. The number of aromatic nitrogens is 1. The minimum Gasteiger partial charge on any atom is -0.476 e. The van der Waals surface area contributed by atoms with Gasteiger partial charge in [0.2, 0.25) is 5.71 Å². The molecule has 0 aliphatic heterocycles. The predicted octanol–water partition coefficient (Wildman–Crippen LogP) is 1.62. The van der Waals surface area contributed by atoms with E-state index in [2.05, 4.69) is 10.1 Å². The molecule has 0 saturated carbocycles. The first kappa shape index (κ1) is 14.3. The molecule has 6 nitrogen and oxygen atoms in total.